The van der Waals surface area contributed by atoms with Crippen molar-refractivity contribution < 1.29 is 24.2 Å². The van der Waals surface area contributed by atoms with Crippen LogP contribution in [0.25, 0.3) is 6.08 Å². The molecule has 1 heterocycles. The fourth-order valence-corrected chi connectivity index (χ4v) is 13.4. The SMILES string of the molecule is C=C1C(CC(C)=O)C2=C(C)CCC(N/C=C\C=C/C(CC(=O)C(OC)C(NC)c3ccccc3)C(=O)O)(CC3C(CC)C(C)CC(C)C13C)C2(C)C.C=CC.C=CCCN1CCN(CCCC)CC1.C=Cc1ccccc1.CC. The molecule has 2 aromatic carbocycles. The third-order valence-corrected chi connectivity index (χ3v) is 18.0. The molecule has 440 valence electrons. The molecule has 10 unspecified atom stereocenters. The van der Waals surface area contributed by atoms with Crippen LogP contribution in [0.15, 0.2) is 140 Å². The highest BCUT2D eigenvalue weighted by Gasteiger charge is 2.61. The molecule has 10 atom stereocenters. The number of carboxylic acid groups (broad SMARTS) is 1. The molecule has 9 nitrogen and oxygen atoms in total. The lowest BCUT2D eigenvalue weighted by Gasteiger charge is -2.64. The van der Waals surface area contributed by atoms with E-state index in [9.17, 15) is 19.5 Å². The maximum absolute atomic E-state index is 13.5. The number of rotatable bonds is 22. The van der Waals surface area contributed by atoms with Crippen molar-refractivity contribution in [1.29, 1.82) is 0 Å². The maximum atomic E-state index is 13.5. The van der Waals surface area contributed by atoms with E-state index in [-0.39, 0.29) is 40.3 Å². The van der Waals surface area contributed by atoms with E-state index >= 15 is 0 Å². The van der Waals surface area contributed by atoms with Gasteiger partial charge in [0.1, 0.15) is 11.9 Å². The molecule has 79 heavy (non-hydrogen) atoms. The number of carbonyl (C=O) groups excluding carboxylic acids is 2. The molecule has 2 saturated carbocycles. The number of carboxylic acids is 1. The molecule has 0 radical (unpaired) electrons. The first-order valence-electron chi connectivity index (χ1n) is 30.0. The minimum absolute atomic E-state index is 0.00630. The number of ketones is 2. The summed E-state index contributed by atoms with van der Waals surface area (Å²) in [5, 5.41) is 17.2. The number of piperazine rings is 1. The van der Waals surface area contributed by atoms with Gasteiger partial charge in [0.25, 0.3) is 0 Å². The Kier molecular flexibility index (Phi) is 31.7. The van der Waals surface area contributed by atoms with E-state index in [0.29, 0.717) is 30.1 Å². The van der Waals surface area contributed by atoms with Crippen molar-refractivity contribution in [2.45, 2.75) is 165 Å². The number of nitrogens with one attached hydrogen (secondary N) is 2. The second-order valence-corrected chi connectivity index (χ2v) is 23.1. The van der Waals surface area contributed by atoms with Crippen molar-refractivity contribution in [2.24, 2.45) is 46.3 Å². The Bertz CT molecular complexity index is 2260. The van der Waals surface area contributed by atoms with Crippen molar-refractivity contribution >= 4 is 23.6 Å². The summed E-state index contributed by atoms with van der Waals surface area (Å²) in [7, 11) is 3.25. The van der Waals surface area contributed by atoms with Gasteiger partial charge in [-0.25, -0.2) is 0 Å². The molecule has 3 fully saturated rings. The first kappa shape index (κ1) is 70.2. The Labute approximate surface area is 482 Å². The van der Waals surface area contributed by atoms with Crippen LogP contribution in [0.5, 0.6) is 0 Å². The van der Waals surface area contributed by atoms with Crippen molar-refractivity contribution in [2.75, 3.05) is 53.4 Å². The smallest absolute Gasteiger partial charge is 0.310 e. The van der Waals surface area contributed by atoms with Gasteiger partial charge in [-0.2, -0.15) is 0 Å². The summed E-state index contributed by atoms with van der Waals surface area (Å²) in [6.07, 6.45) is 21.2. The number of carbonyl (C=O) groups is 3. The summed E-state index contributed by atoms with van der Waals surface area (Å²) in [6.45, 7) is 49.6. The van der Waals surface area contributed by atoms with Crippen LogP contribution >= 0.6 is 0 Å². The van der Waals surface area contributed by atoms with E-state index < -0.39 is 24.0 Å². The molecule has 6 rings (SSSR count). The number of ether oxygens (including phenoxy) is 1. The predicted molar refractivity (Wildman–Crippen MR) is 337 cm³/mol. The summed E-state index contributed by atoms with van der Waals surface area (Å²) in [5.41, 5.74) is 5.38. The van der Waals surface area contributed by atoms with Gasteiger partial charge in [0.05, 0.1) is 12.0 Å². The molecule has 3 N–H and O–H groups in total. The Morgan fingerprint density at radius 3 is 1.99 bits per heavy atom. The van der Waals surface area contributed by atoms with Crippen LogP contribution in [0.3, 0.4) is 0 Å². The zero-order valence-corrected chi connectivity index (χ0v) is 52.1. The maximum Gasteiger partial charge on any atom is 0.310 e. The Morgan fingerprint density at radius 2 is 1.49 bits per heavy atom. The lowest BCUT2D eigenvalue weighted by Crippen LogP contribution is -2.63. The van der Waals surface area contributed by atoms with Crippen molar-refractivity contribution in [3.63, 3.8) is 0 Å². The van der Waals surface area contributed by atoms with E-state index in [1.807, 2.05) is 106 Å². The minimum Gasteiger partial charge on any atom is -0.481 e. The quantitative estimate of drug-likeness (QED) is 0.0784. The summed E-state index contributed by atoms with van der Waals surface area (Å²) < 4.78 is 5.62. The third-order valence-electron chi connectivity index (χ3n) is 18.0. The van der Waals surface area contributed by atoms with Crippen LogP contribution in [-0.2, 0) is 19.1 Å². The summed E-state index contributed by atoms with van der Waals surface area (Å²) in [5.74, 6) is -0.164. The summed E-state index contributed by atoms with van der Waals surface area (Å²) in [4.78, 5) is 43.9. The Morgan fingerprint density at radius 1 is 0.911 bits per heavy atom. The zero-order valence-electron chi connectivity index (χ0n) is 52.1. The van der Waals surface area contributed by atoms with Crippen molar-refractivity contribution in [3.8, 4) is 0 Å². The number of methoxy groups -OCH3 is 1. The number of nitrogens with zero attached hydrogens (tertiary/aromatic N) is 2. The van der Waals surface area contributed by atoms with Gasteiger partial charge in [0.15, 0.2) is 5.78 Å². The van der Waals surface area contributed by atoms with Crippen molar-refractivity contribution in [1.82, 2.24) is 20.4 Å². The minimum atomic E-state index is -1.05. The first-order valence-corrected chi connectivity index (χ1v) is 30.0. The molecular formula is C70H110N4O5. The van der Waals surface area contributed by atoms with E-state index in [4.69, 9.17) is 11.3 Å². The number of Topliss-reactive ketones (excluding diaryl/α,β-unsaturated/α-hetero) is 2. The molecular weight excluding hydrogens is 977 g/mol. The van der Waals surface area contributed by atoms with Crippen LogP contribution in [0, 0.1) is 46.3 Å². The number of benzene rings is 2. The molecule has 0 spiro atoms. The van der Waals surface area contributed by atoms with Gasteiger partial charge < -0.3 is 30.3 Å². The average Bonchev–Trinajstić information content (AvgIpc) is 3.63. The van der Waals surface area contributed by atoms with Gasteiger partial charge in [-0.05, 0) is 125 Å². The second-order valence-electron chi connectivity index (χ2n) is 23.1. The monoisotopic (exact) mass is 1090 g/mol. The van der Waals surface area contributed by atoms with Crippen LogP contribution in [0.1, 0.15) is 164 Å². The lowest BCUT2D eigenvalue weighted by atomic mass is 9.42. The number of fused-ring (bicyclic) bond motifs is 3. The topological polar surface area (TPSA) is 111 Å². The standard InChI is InChI=1S/C45H66N2O5.C12H24N2.C8H8.C3H6.C2H6/c1-12-35-29(3)24-30(4)44(9)32(6)36(25-31(5)48)39-28(2)21-22-45(27-37(35)44,43(39,7)8)47-23-17-16-20-34(42(50)51)26-38(49)41(52-11)40(46-10)33-18-14-13-15-19-33;1-3-5-7-13-9-11-14(12-10-13)8-6-4-2;1-2-8-6-4-3-5-7-8;1-3-2;1-2/h13-20,23,29-30,34-37,40-41,46-47H,6,12,21-22,24-27H2,1-5,7-11H3,(H,50,51);3H,1,4-12H2,2H3;2-7H,1H2;3H,1H2,2H3;1-2H3/b20-16-,23-17-;;;;. The fraction of sp³-hybridized carbons (Fsp3) is 0.586. The summed E-state index contributed by atoms with van der Waals surface area (Å²) >= 11 is 0. The molecule has 3 aliphatic carbocycles. The Balaban J connectivity index is 0.000000641. The zero-order chi connectivity index (χ0) is 59.3. The van der Waals surface area contributed by atoms with Gasteiger partial charge in [0, 0.05) is 69.5 Å². The molecule has 9 heteroatoms. The van der Waals surface area contributed by atoms with Gasteiger partial charge in [-0.1, -0.05) is 196 Å². The lowest BCUT2D eigenvalue weighted by molar-refractivity contribution is -0.143. The second kappa shape index (κ2) is 35.7. The van der Waals surface area contributed by atoms with E-state index in [0.717, 1.165) is 44.1 Å². The molecule has 2 bridgehead atoms. The highest BCUT2D eigenvalue weighted by Crippen LogP contribution is 2.66. The van der Waals surface area contributed by atoms with Gasteiger partial charge in [-0.3, -0.25) is 14.4 Å². The van der Waals surface area contributed by atoms with Crippen LogP contribution in [-0.4, -0.2) is 97.5 Å². The first-order chi connectivity index (χ1) is 37.7. The van der Waals surface area contributed by atoms with Gasteiger partial charge in [0.2, 0.25) is 0 Å². The summed E-state index contributed by atoms with van der Waals surface area (Å²) in [6, 6.07) is 19.2. The molecule has 0 amide bonds. The Hall–Kier alpha value is -4.93. The third kappa shape index (κ3) is 19.4. The van der Waals surface area contributed by atoms with E-state index in [1.54, 1.807) is 32.2 Å². The van der Waals surface area contributed by atoms with Crippen LogP contribution < -0.4 is 10.6 Å². The molecule has 2 aromatic rings. The predicted octanol–water partition coefficient (Wildman–Crippen LogP) is 15.6. The number of allylic oxidation sites excluding steroid dienone is 5. The highest BCUT2D eigenvalue weighted by molar-refractivity contribution is 5.88. The fourth-order valence-electron chi connectivity index (χ4n) is 13.4. The van der Waals surface area contributed by atoms with Gasteiger partial charge >= 0.3 is 5.97 Å². The number of likely N-dealkylation sites (N-methyl/N-ethyl adjacent to an activating group) is 1. The molecule has 4 aliphatic rings. The van der Waals surface area contributed by atoms with Gasteiger partial charge in [-0.15, -0.1) is 13.2 Å². The number of aliphatic carboxylic acids is 1. The normalized spacial score (nSPS) is 25.7. The highest BCUT2D eigenvalue weighted by atomic mass is 16.5. The number of hydrogen-bond donors (Lipinski definition) is 3. The van der Waals surface area contributed by atoms with Crippen molar-refractivity contribution in [3.05, 3.63) is 151 Å². The molecule has 0 aromatic heterocycles. The van der Waals surface area contributed by atoms with E-state index in [2.05, 4.69) is 95.6 Å². The molecule has 1 aliphatic heterocycles. The molecule has 1 saturated heterocycles. The van der Waals surface area contributed by atoms with Crippen LogP contribution in [0.2, 0.25) is 0 Å². The number of unbranched alkanes of at least 4 members (excludes halogenated alkanes) is 1. The number of hydrogen-bond acceptors (Lipinski definition) is 8. The average molecular weight is 1090 g/mol. The van der Waals surface area contributed by atoms with E-state index in [1.165, 1.54) is 81.5 Å². The van der Waals surface area contributed by atoms with Crippen LogP contribution in [0.4, 0.5) is 0 Å². The largest absolute Gasteiger partial charge is 0.481 e.